The predicted molar refractivity (Wildman–Crippen MR) is 74.1 cm³/mol. The van der Waals surface area contributed by atoms with E-state index in [9.17, 15) is 4.79 Å². The molecule has 3 nitrogen and oxygen atoms in total. The Morgan fingerprint density at radius 2 is 2.24 bits per heavy atom. The molecule has 0 saturated heterocycles. The topological polar surface area (TPSA) is 33.2 Å². The van der Waals surface area contributed by atoms with E-state index in [1.807, 2.05) is 5.38 Å². The van der Waals surface area contributed by atoms with Crippen LogP contribution < -0.4 is 4.90 Å². The predicted octanol–water partition coefficient (Wildman–Crippen LogP) is 3.75. The summed E-state index contributed by atoms with van der Waals surface area (Å²) in [6.07, 6.45) is 3.44. The van der Waals surface area contributed by atoms with E-state index in [2.05, 4.69) is 30.7 Å². The van der Waals surface area contributed by atoms with Crippen LogP contribution in [0.1, 0.15) is 57.4 Å². The van der Waals surface area contributed by atoms with Gasteiger partial charge in [0.15, 0.2) is 10.9 Å². The third kappa shape index (κ3) is 3.80. The van der Waals surface area contributed by atoms with Gasteiger partial charge in [-0.15, -0.1) is 11.3 Å². The molecule has 0 aliphatic rings. The number of rotatable bonds is 7. The van der Waals surface area contributed by atoms with Crippen LogP contribution >= 0.6 is 11.3 Å². The highest BCUT2D eigenvalue weighted by Gasteiger charge is 2.16. The number of carbonyl (C=O) groups excluding carboxylic acids is 1. The summed E-state index contributed by atoms with van der Waals surface area (Å²) in [6, 6.07) is 0.479. The van der Waals surface area contributed by atoms with Crippen molar-refractivity contribution in [1.29, 1.82) is 0 Å². The fourth-order valence-corrected chi connectivity index (χ4v) is 2.60. The molecule has 1 unspecified atom stereocenters. The largest absolute Gasteiger partial charge is 0.345 e. The summed E-state index contributed by atoms with van der Waals surface area (Å²) in [5.74, 6) is 0.0482. The first-order valence-corrected chi connectivity index (χ1v) is 7.21. The van der Waals surface area contributed by atoms with E-state index in [1.165, 1.54) is 12.8 Å². The van der Waals surface area contributed by atoms with E-state index >= 15 is 0 Å². The SMILES string of the molecule is CCCCN(c1nc(C(C)=O)cs1)C(C)CC. The van der Waals surface area contributed by atoms with Gasteiger partial charge in [-0.2, -0.15) is 0 Å². The molecular formula is C13H22N2OS. The molecule has 96 valence electrons. The smallest absolute Gasteiger partial charge is 0.186 e. The average Bonchev–Trinajstić information content (AvgIpc) is 2.78. The Morgan fingerprint density at radius 3 is 2.71 bits per heavy atom. The summed E-state index contributed by atoms with van der Waals surface area (Å²) in [6.45, 7) is 9.18. The second-order valence-electron chi connectivity index (χ2n) is 4.38. The Labute approximate surface area is 108 Å². The lowest BCUT2D eigenvalue weighted by Gasteiger charge is -2.27. The molecule has 4 heteroatoms. The van der Waals surface area contributed by atoms with Crippen LogP contribution in [0.5, 0.6) is 0 Å². The second-order valence-corrected chi connectivity index (χ2v) is 5.21. The molecule has 0 aliphatic carbocycles. The first-order valence-electron chi connectivity index (χ1n) is 6.33. The number of anilines is 1. The van der Waals surface area contributed by atoms with Gasteiger partial charge in [0.25, 0.3) is 0 Å². The van der Waals surface area contributed by atoms with Crippen molar-refractivity contribution in [3.05, 3.63) is 11.1 Å². The van der Waals surface area contributed by atoms with Gasteiger partial charge in [0.2, 0.25) is 0 Å². The molecule has 1 rings (SSSR count). The third-order valence-corrected chi connectivity index (χ3v) is 3.85. The van der Waals surface area contributed by atoms with E-state index in [-0.39, 0.29) is 5.78 Å². The monoisotopic (exact) mass is 254 g/mol. The molecular weight excluding hydrogens is 232 g/mol. The van der Waals surface area contributed by atoms with Crippen molar-refractivity contribution in [3.63, 3.8) is 0 Å². The van der Waals surface area contributed by atoms with Gasteiger partial charge >= 0.3 is 0 Å². The van der Waals surface area contributed by atoms with E-state index in [1.54, 1.807) is 18.3 Å². The molecule has 17 heavy (non-hydrogen) atoms. The number of hydrogen-bond acceptors (Lipinski definition) is 4. The minimum absolute atomic E-state index is 0.0482. The van der Waals surface area contributed by atoms with Crippen LogP contribution in [0, 0.1) is 0 Å². The summed E-state index contributed by atoms with van der Waals surface area (Å²) in [4.78, 5) is 18.0. The summed E-state index contributed by atoms with van der Waals surface area (Å²) >= 11 is 1.57. The van der Waals surface area contributed by atoms with Crippen LogP contribution in [-0.2, 0) is 0 Å². The standard InChI is InChI=1S/C13H22N2OS/c1-5-7-8-15(10(3)6-2)13-14-12(9-17-13)11(4)16/h9-10H,5-8H2,1-4H3. The van der Waals surface area contributed by atoms with Crippen molar-refractivity contribution in [2.75, 3.05) is 11.4 Å². The van der Waals surface area contributed by atoms with Crippen LogP contribution in [0.3, 0.4) is 0 Å². The molecule has 0 aromatic carbocycles. The molecule has 0 bridgehead atoms. The van der Waals surface area contributed by atoms with Crippen molar-refractivity contribution in [2.45, 2.75) is 53.0 Å². The molecule has 0 spiro atoms. The lowest BCUT2D eigenvalue weighted by molar-refractivity contribution is 0.101. The summed E-state index contributed by atoms with van der Waals surface area (Å²) in [5, 5.41) is 2.84. The number of carbonyl (C=O) groups is 1. The number of aromatic nitrogens is 1. The lowest BCUT2D eigenvalue weighted by atomic mass is 10.2. The van der Waals surface area contributed by atoms with Gasteiger partial charge in [0, 0.05) is 24.9 Å². The van der Waals surface area contributed by atoms with E-state index in [0.29, 0.717) is 11.7 Å². The van der Waals surface area contributed by atoms with Crippen molar-refractivity contribution in [2.24, 2.45) is 0 Å². The average molecular weight is 254 g/mol. The highest BCUT2D eigenvalue weighted by Crippen LogP contribution is 2.24. The van der Waals surface area contributed by atoms with Crippen LogP contribution in [0.25, 0.3) is 0 Å². The van der Waals surface area contributed by atoms with Crippen LogP contribution in [0.15, 0.2) is 5.38 Å². The minimum Gasteiger partial charge on any atom is -0.345 e. The van der Waals surface area contributed by atoms with Gasteiger partial charge in [-0.25, -0.2) is 4.98 Å². The van der Waals surface area contributed by atoms with Gasteiger partial charge in [-0.05, 0) is 19.8 Å². The molecule has 1 aromatic heterocycles. The van der Waals surface area contributed by atoms with Crippen molar-refractivity contribution < 1.29 is 4.79 Å². The van der Waals surface area contributed by atoms with E-state index in [4.69, 9.17) is 0 Å². The second kappa shape index (κ2) is 6.74. The first kappa shape index (κ1) is 14.2. The van der Waals surface area contributed by atoms with Crippen LogP contribution in [-0.4, -0.2) is 23.4 Å². The third-order valence-electron chi connectivity index (χ3n) is 2.97. The maximum absolute atomic E-state index is 11.3. The molecule has 0 aliphatic heterocycles. The molecule has 0 radical (unpaired) electrons. The number of hydrogen-bond donors (Lipinski definition) is 0. The van der Waals surface area contributed by atoms with Gasteiger partial charge in [-0.3, -0.25) is 4.79 Å². The number of ketones is 1. The zero-order valence-electron chi connectivity index (χ0n) is 11.2. The molecule has 1 aromatic rings. The Hall–Kier alpha value is -0.900. The number of Topliss-reactive ketones (excluding diaryl/α,β-unsaturated/α-hetero) is 1. The molecule has 0 N–H and O–H groups in total. The fraction of sp³-hybridized carbons (Fsp3) is 0.692. The first-order chi connectivity index (χ1) is 8.10. The number of thiazole rings is 1. The maximum Gasteiger partial charge on any atom is 0.186 e. The quantitative estimate of drug-likeness (QED) is 0.695. The Balaban J connectivity index is 2.83. The Bertz CT molecular complexity index is 362. The summed E-state index contributed by atoms with van der Waals surface area (Å²) < 4.78 is 0. The van der Waals surface area contributed by atoms with Crippen LogP contribution in [0.2, 0.25) is 0 Å². The van der Waals surface area contributed by atoms with Crippen molar-refractivity contribution in [1.82, 2.24) is 4.98 Å². The normalized spacial score (nSPS) is 12.5. The lowest BCUT2D eigenvalue weighted by Crippen LogP contribution is -2.33. The molecule has 0 saturated carbocycles. The maximum atomic E-state index is 11.3. The van der Waals surface area contributed by atoms with Gasteiger partial charge in [0.05, 0.1) is 0 Å². The summed E-state index contributed by atoms with van der Waals surface area (Å²) in [7, 11) is 0. The van der Waals surface area contributed by atoms with Gasteiger partial charge in [-0.1, -0.05) is 20.3 Å². The van der Waals surface area contributed by atoms with E-state index < -0.39 is 0 Å². The van der Waals surface area contributed by atoms with E-state index in [0.717, 1.165) is 18.1 Å². The number of nitrogens with zero attached hydrogens (tertiary/aromatic N) is 2. The van der Waals surface area contributed by atoms with Gasteiger partial charge in [0.1, 0.15) is 5.69 Å². The van der Waals surface area contributed by atoms with Crippen molar-refractivity contribution >= 4 is 22.3 Å². The van der Waals surface area contributed by atoms with Crippen LogP contribution in [0.4, 0.5) is 5.13 Å². The minimum atomic E-state index is 0.0482. The zero-order chi connectivity index (χ0) is 12.8. The highest BCUT2D eigenvalue weighted by atomic mass is 32.1. The van der Waals surface area contributed by atoms with Gasteiger partial charge < -0.3 is 4.90 Å². The van der Waals surface area contributed by atoms with Crippen molar-refractivity contribution in [3.8, 4) is 0 Å². The molecule has 1 atom stereocenters. The zero-order valence-corrected chi connectivity index (χ0v) is 12.0. The molecule has 0 amide bonds. The Kier molecular flexibility index (Phi) is 5.62. The molecule has 1 heterocycles. The number of unbranched alkanes of at least 4 members (excludes halogenated alkanes) is 1. The summed E-state index contributed by atoms with van der Waals surface area (Å²) in [5.41, 5.74) is 0.592. The Morgan fingerprint density at radius 1 is 1.53 bits per heavy atom. The fourth-order valence-electron chi connectivity index (χ4n) is 1.61. The molecule has 0 fully saturated rings. The highest BCUT2D eigenvalue weighted by molar-refractivity contribution is 7.13.